The number of esters is 1. The molecule has 2 heterocycles. The summed E-state index contributed by atoms with van der Waals surface area (Å²) in [6, 6.07) is 9.44. The maximum Gasteiger partial charge on any atom is 0.338 e. The number of Topliss-reactive ketones (excluding diaryl/α,β-unsaturated/α-hetero) is 1. The molecule has 160 valence electrons. The summed E-state index contributed by atoms with van der Waals surface area (Å²) >= 11 is 0. The smallest absolute Gasteiger partial charge is 0.338 e. The third-order valence-electron chi connectivity index (χ3n) is 4.99. The first-order valence-corrected chi connectivity index (χ1v) is 9.74. The number of ether oxygens (including phenoxy) is 3. The number of amides is 2. The van der Waals surface area contributed by atoms with Crippen molar-refractivity contribution in [2.75, 3.05) is 30.2 Å². The number of hydrogen-bond acceptors (Lipinski definition) is 7. The first-order valence-electron chi connectivity index (χ1n) is 9.74. The predicted molar refractivity (Wildman–Crippen MR) is 110 cm³/mol. The van der Waals surface area contributed by atoms with E-state index in [1.54, 1.807) is 29.2 Å². The van der Waals surface area contributed by atoms with Gasteiger partial charge in [-0.05, 0) is 43.7 Å². The summed E-state index contributed by atoms with van der Waals surface area (Å²) in [6.07, 6.45) is 1.33. The van der Waals surface area contributed by atoms with Gasteiger partial charge in [-0.3, -0.25) is 14.4 Å². The molecule has 0 unspecified atom stereocenters. The van der Waals surface area contributed by atoms with E-state index in [0.29, 0.717) is 24.5 Å². The van der Waals surface area contributed by atoms with Crippen molar-refractivity contribution >= 4 is 34.9 Å². The molecule has 0 radical (unpaired) electrons. The zero-order chi connectivity index (χ0) is 22.0. The van der Waals surface area contributed by atoms with Crippen LogP contribution in [0.4, 0.5) is 11.4 Å². The summed E-state index contributed by atoms with van der Waals surface area (Å²) in [5.74, 6) is -0.647. The SMILES string of the molecule is CC(=O)c1cc2c(cc1NC(=O)COC(=O)c1ccc(N3CCCC3=O)cc1)OCO2. The molecule has 2 aromatic carbocycles. The zero-order valence-corrected chi connectivity index (χ0v) is 16.8. The summed E-state index contributed by atoms with van der Waals surface area (Å²) < 4.78 is 15.6. The number of anilines is 2. The van der Waals surface area contributed by atoms with Crippen LogP contribution in [0.1, 0.15) is 40.5 Å². The van der Waals surface area contributed by atoms with Gasteiger partial charge in [-0.25, -0.2) is 4.79 Å². The Morgan fingerprint density at radius 3 is 2.45 bits per heavy atom. The van der Waals surface area contributed by atoms with Gasteiger partial charge in [0.2, 0.25) is 12.7 Å². The molecule has 2 aliphatic rings. The van der Waals surface area contributed by atoms with Crippen LogP contribution >= 0.6 is 0 Å². The minimum atomic E-state index is -0.674. The van der Waals surface area contributed by atoms with E-state index in [4.69, 9.17) is 14.2 Å². The van der Waals surface area contributed by atoms with Crippen molar-refractivity contribution in [1.82, 2.24) is 0 Å². The van der Waals surface area contributed by atoms with Gasteiger partial charge in [0.25, 0.3) is 5.91 Å². The molecule has 0 saturated carbocycles. The predicted octanol–water partition coefficient (Wildman–Crippen LogP) is 2.54. The lowest BCUT2D eigenvalue weighted by molar-refractivity contribution is -0.119. The topological polar surface area (TPSA) is 111 Å². The van der Waals surface area contributed by atoms with Gasteiger partial charge in [-0.2, -0.15) is 0 Å². The average Bonchev–Trinajstić information content (AvgIpc) is 3.39. The van der Waals surface area contributed by atoms with Crippen LogP contribution in [0.15, 0.2) is 36.4 Å². The first kappa shape index (κ1) is 20.4. The van der Waals surface area contributed by atoms with Gasteiger partial charge >= 0.3 is 5.97 Å². The second-order valence-corrected chi connectivity index (χ2v) is 7.13. The highest BCUT2D eigenvalue weighted by atomic mass is 16.7. The van der Waals surface area contributed by atoms with Crippen molar-refractivity contribution in [1.29, 1.82) is 0 Å². The molecule has 1 saturated heterocycles. The number of ketones is 1. The summed E-state index contributed by atoms with van der Waals surface area (Å²) in [5, 5.41) is 2.56. The minimum absolute atomic E-state index is 0.0341. The third kappa shape index (κ3) is 4.35. The Morgan fingerprint density at radius 1 is 1.10 bits per heavy atom. The van der Waals surface area contributed by atoms with Crippen LogP contribution in [-0.2, 0) is 14.3 Å². The van der Waals surface area contributed by atoms with Crippen LogP contribution in [-0.4, -0.2) is 43.5 Å². The van der Waals surface area contributed by atoms with Crippen LogP contribution in [0.2, 0.25) is 0 Å². The minimum Gasteiger partial charge on any atom is -0.454 e. The number of rotatable bonds is 6. The van der Waals surface area contributed by atoms with Crippen molar-refractivity contribution in [3.05, 3.63) is 47.5 Å². The van der Waals surface area contributed by atoms with E-state index in [2.05, 4.69) is 5.32 Å². The summed E-state index contributed by atoms with van der Waals surface area (Å²) in [6.45, 7) is 1.53. The molecule has 0 atom stereocenters. The third-order valence-corrected chi connectivity index (χ3v) is 4.99. The maximum atomic E-state index is 12.3. The number of nitrogens with one attached hydrogen (secondary N) is 1. The van der Waals surface area contributed by atoms with E-state index >= 15 is 0 Å². The van der Waals surface area contributed by atoms with Crippen LogP contribution < -0.4 is 19.7 Å². The second kappa shape index (κ2) is 8.47. The number of carbonyl (C=O) groups is 4. The van der Waals surface area contributed by atoms with Crippen molar-refractivity contribution < 1.29 is 33.4 Å². The fourth-order valence-electron chi connectivity index (χ4n) is 3.44. The summed E-state index contributed by atoms with van der Waals surface area (Å²) in [5.41, 5.74) is 1.49. The molecular formula is C22H20N2O7. The average molecular weight is 424 g/mol. The molecule has 0 spiro atoms. The van der Waals surface area contributed by atoms with Crippen LogP contribution in [0.25, 0.3) is 0 Å². The van der Waals surface area contributed by atoms with Crippen molar-refractivity contribution in [3.63, 3.8) is 0 Å². The Kier molecular flexibility index (Phi) is 5.57. The Labute approximate surface area is 177 Å². The molecule has 0 aliphatic carbocycles. The molecule has 1 N–H and O–H groups in total. The van der Waals surface area contributed by atoms with Gasteiger partial charge in [0.05, 0.1) is 11.3 Å². The number of hydrogen-bond donors (Lipinski definition) is 1. The highest BCUT2D eigenvalue weighted by Crippen LogP contribution is 2.37. The molecule has 2 amide bonds. The molecule has 1 fully saturated rings. The van der Waals surface area contributed by atoms with Crippen LogP contribution in [0.5, 0.6) is 11.5 Å². The lowest BCUT2D eigenvalue weighted by atomic mass is 10.1. The lowest BCUT2D eigenvalue weighted by Gasteiger charge is -2.15. The van der Waals surface area contributed by atoms with Crippen LogP contribution in [0.3, 0.4) is 0 Å². The van der Waals surface area contributed by atoms with Gasteiger partial charge in [-0.15, -0.1) is 0 Å². The fourth-order valence-corrected chi connectivity index (χ4v) is 3.44. The number of nitrogens with zero attached hydrogens (tertiary/aromatic N) is 1. The molecule has 2 aliphatic heterocycles. The largest absolute Gasteiger partial charge is 0.454 e. The van der Waals surface area contributed by atoms with Crippen molar-refractivity contribution in [2.24, 2.45) is 0 Å². The Balaban J connectivity index is 1.36. The highest BCUT2D eigenvalue weighted by molar-refractivity contribution is 6.05. The van der Waals surface area contributed by atoms with Crippen molar-refractivity contribution in [3.8, 4) is 11.5 Å². The van der Waals surface area contributed by atoms with E-state index in [-0.39, 0.29) is 35.3 Å². The molecule has 4 rings (SSSR count). The van der Waals surface area contributed by atoms with Gasteiger partial charge in [0.1, 0.15) is 0 Å². The fraction of sp³-hybridized carbons (Fsp3) is 0.273. The van der Waals surface area contributed by atoms with Gasteiger partial charge < -0.3 is 24.4 Å². The Morgan fingerprint density at radius 2 is 1.81 bits per heavy atom. The molecule has 2 aromatic rings. The molecule has 0 bridgehead atoms. The number of fused-ring (bicyclic) bond motifs is 1. The van der Waals surface area contributed by atoms with Crippen LogP contribution in [0, 0.1) is 0 Å². The van der Waals surface area contributed by atoms with E-state index in [9.17, 15) is 19.2 Å². The van der Waals surface area contributed by atoms with Gasteiger partial charge in [0.15, 0.2) is 23.9 Å². The molecule has 9 heteroatoms. The van der Waals surface area contributed by atoms with E-state index in [0.717, 1.165) is 12.1 Å². The Bertz CT molecular complexity index is 1060. The normalized spacial score (nSPS) is 14.5. The number of benzene rings is 2. The maximum absolute atomic E-state index is 12.3. The number of carbonyl (C=O) groups excluding carboxylic acids is 4. The van der Waals surface area contributed by atoms with Gasteiger partial charge in [0, 0.05) is 30.3 Å². The first-order chi connectivity index (χ1) is 14.9. The molecule has 31 heavy (non-hydrogen) atoms. The highest BCUT2D eigenvalue weighted by Gasteiger charge is 2.23. The lowest BCUT2D eigenvalue weighted by Crippen LogP contribution is -2.24. The zero-order valence-electron chi connectivity index (χ0n) is 16.8. The summed E-state index contributed by atoms with van der Waals surface area (Å²) in [7, 11) is 0. The molecule has 9 nitrogen and oxygen atoms in total. The van der Waals surface area contributed by atoms with Crippen molar-refractivity contribution in [2.45, 2.75) is 19.8 Å². The molecular weight excluding hydrogens is 404 g/mol. The van der Waals surface area contributed by atoms with E-state index < -0.39 is 18.5 Å². The standard InChI is InChI=1S/C22H20N2O7/c1-13(25)16-9-18-19(31-12-30-18)10-17(16)23-20(26)11-29-22(28)14-4-6-15(7-5-14)24-8-2-3-21(24)27/h4-7,9-10H,2-3,8,11-12H2,1H3,(H,23,26). The Hall–Kier alpha value is -3.88. The monoisotopic (exact) mass is 424 g/mol. The van der Waals surface area contributed by atoms with E-state index in [1.807, 2.05) is 0 Å². The second-order valence-electron chi connectivity index (χ2n) is 7.13. The van der Waals surface area contributed by atoms with Gasteiger partial charge in [-0.1, -0.05) is 0 Å². The quantitative estimate of drug-likeness (QED) is 0.560. The van der Waals surface area contributed by atoms with E-state index in [1.165, 1.54) is 19.1 Å². The molecule has 0 aromatic heterocycles. The summed E-state index contributed by atoms with van der Waals surface area (Å²) in [4.78, 5) is 49.9.